The Morgan fingerprint density at radius 3 is 2.62 bits per heavy atom. The van der Waals surface area contributed by atoms with Gasteiger partial charge in [0.2, 0.25) is 6.39 Å². The lowest BCUT2D eigenvalue weighted by molar-refractivity contribution is -0.137. The minimum absolute atomic E-state index is 0.270. The second-order valence-corrected chi connectivity index (χ2v) is 5.44. The van der Waals surface area contributed by atoms with Crippen LogP contribution in [0.1, 0.15) is 17.7 Å². The zero-order chi connectivity index (χ0) is 16.7. The van der Waals surface area contributed by atoms with Crippen LogP contribution in [0, 0.1) is 0 Å². The molecule has 1 aliphatic rings. The summed E-state index contributed by atoms with van der Waals surface area (Å²) in [6.07, 6.45) is -1.35. The van der Waals surface area contributed by atoms with E-state index in [1.54, 1.807) is 0 Å². The van der Waals surface area contributed by atoms with Crippen LogP contribution in [0.5, 0.6) is 0 Å². The molecule has 0 fully saturated rings. The van der Waals surface area contributed by atoms with Crippen LogP contribution >= 0.6 is 0 Å². The van der Waals surface area contributed by atoms with Crippen LogP contribution in [0.3, 0.4) is 0 Å². The highest BCUT2D eigenvalue weighted by Crippen LogP contribution is 2.36. The molecular formula is C15H12F3N5O. The number of halogens is 3. The molecule has 9 heteroatoms. The van der Waals surface area contributed by atoms with Crippen LogP contribution in [-0.4, -0.2) is 20.0 Å². The van der Waals surface area contributed by atoms with Crippen molar-refractivity contribution in [1.82, 2.24) is 20.0 Å². The molecule has 0 bridgehead atoms. The molecule has 4 rings (SSSR count). The van der Waals surface area contributed by atoms with Gasteiger partial charge in [-0.1, -0.05) is 0 Å². The highest BCUT2D eigenvalue weighted by molar-refractivity contribution is 5.76. The second-order valence-electron chi connectivity index (χ2n) is 5.44. The fourth-order valence-electron chi connectivity index (χ4n) is 2.78. The first-order chi connectivity index (χ1) is 11.5. The van der Waals surface area contributed by atoms with Gasteiger partial charge in [0.25, 0.3) is 5.89 Å². The van der Waals surface area contributed by atoms with Crippen molar-refractivity contribution in [1.29, 1.82) is 0 Å². The number of aromatic nitrogens is 4. The Hall–Kier alpha value is -2.84. The molecule has 124 valence electrons. The van der Waals surface area contributed by atoms with Gasteiger partial charge < -0.3 is 9.73 Å². The number of hydrogen-bond donors (Lipinski definition) is 1. The Labute approximate surface area is 134 Å². The summed E-state index contributed by atoms with van der Waals surface area (Å²) in [6, 6.07) is 4.86. The van der Waals surface area contributed by atoms with Gasteiger partial charge in [0, 0.05) is 12.2 Å². The van der Waals surface area contributed by atoms with E-state index < -0.39 is 11.7 Å². The van der Waals surface area contributed by atoms with Crippen LogP contribution < -0.4 is 5.32 Å². The van der Waals surface area contributed by atoms with E-state index in [1.165, 1.54) is 18.5 Å². The third-order valence-corrected chi connectivity index (χ3v) is 3.89. The largest absolute Gasteiger partial charge is 0.422 e. The van der Waals surface area contributed by atoms with Gasteiger partial charge >= 0.3 is 6.18 Å². The normalized spacial score (nSPS) is 14.0. The predicted molar refractivity (Wildman–Crippen MR) is 78.6 cm³/mol. The van der Waals surface area contributed by atoms with Crippen molar-refractivity contribution in [2.75, 3.05) is 5.32 Å². The van der Waals surface area contributed by atoms with Crippen molar-refractivity contribution >= 4 is 11.4 Å². The molecule has 1 N–H and O–H groups in total. The molecule has 6 nitrogen and oxygen atoms in total. The van der Waals surface area contributed by atoms with E-state index in [0.717, 1.165) is 37.2 Å². The van der Waals surface area contributed by atoms with Gasteiger partial charge in [-0.25, -0.2) is 0 Å². The van der Waals surface area contributed by atoms with Crippen molar-refractivity contribution < 1.29 is 17.6 Å². The Morgan fingerprint density at radius 2 is 1.96 bits per heavy atom. The molecule has 0 saturated heterocycles. The first-order valence-corrected chi connectivity index (χ1v) is 7.33. The monoisotopic (exact) mass is 335 g/mol. The van der Waals surface area contributed by atoms with Gasteiger partial charge in [-0.2, -0.15) is 18.3 Å². The second kappa shape index (κ2) is 5.36. The molecule has 0 radical (unpaired) electrons. The van der Waals surface area contributed by atoms with E-state index in [2.05, 4.69) is 20.6 Å². The Balaban J connectivity index is 1.69. The maximum Gasteiger partial charge on any atom is 0.416 e. The first kappa shape index (κ1) is 14.7. The van der Waals surface area contributed by atoms with Crippen LogP contribution in [0.25, 0.3) is 11.6 Å². The quantitative estimate of drug-likeness (QED) is 0.791. The summed E-state index contributed by atoms with van der Waals surface area (Å²) >= 11 is 0. The molecule has 3 aromatic rings. The SMILES string of the molecule is FC(F)(F)c1ccc(Nc2c(-c3nnco3)nn3c2CCC3)cc1. The number of nitrogens with zero attached hydrogens (tertiary/aromatic N) is 4. The molecule has 3 heterocycles. The van der Waals surface area contributed by atoms with E-state index in [-0.39, 0.29) is 5.89 Å². The fraction of sp³-hybridized carbons (Fsp3) is 0.267. The van der Waals surface area contributed by atoms with Gasteiger partial charge in [0.15, 0.2) is 5.69 Å². The van der Waals surface area contributed by atoms with Crippen LogP contribution in [0.15, 0.2) is 35.1 Å². The summed E-state index contributed by atoms with van der Waals surface area (Å²) in [7, 11) is 0. The summed E-state index contributed by atoms with van der Waals surface area (Å²) < 4.78 is 45.1. The summed E-state index contributed by atoms with van der Waals surface area (Å²) in [5.41, 5.74) is 2.01. The number of hydrogen-bond acceptors (Lipinski definition) is 5. The van der Waals surface area contributed by atoms with Crippen LogP contribution in [-0.2, 0) is 19.1 Å². The van der Waals surface area contributed by atoms with E-state index >= 15 is 0 Å². The van der Waals surface area contributed by atoms with E-state index in [9.17, 15) is 13.2 Å². The van der Waals surface area contributed by atoms with Crippen LogP contribution in [0.2, 0.25) is 0 Å². The van der Waals surface area contributed by atoms with E-state index in [0.29, 0.717) is 17.1 Å². The molecule has 1 aromatic carbocycles. The fourth-order valence-corrected chi connectivity index (χ4v) is 2.78. The molecule has 0 saturated carbocycles. The van der Waals surface area contributed by atoms with Gasteiger partial charge in [-0.3, -0.25) is 4.68 Å². The topological polar surface area (TPSA) is 68.8 Å². The average Bonchev–Trinajstić information content (AvgIpc) is 3.24. The number of aryl methyl sites for hydroxylation is 1. The van der Waals surface area contributed by atoms with E-state index in [4.69, 9.17) is 4.42 Å². The van der Waals surface area contributed by atoms with Gasteiger partial charge in [0.05, 0.1) is 16.9 Å². The van der Waals surface area contributed by atoms with Crippen LogP contribution in [0.4, 0.5) is 24.5 Å². The maximum atomic E-state index is 12.7. The molecule has 0 spiro atoms. The maximum absolute atomic E-state index is 12.7. The van der Waals surface area contributed by atoms with Crippen molar-refractivity contribution in [2.24, 2.45) is 0 Å². The Bertz CT molecular complexity index is 853. The highest BCUT2D eigenvalue weighted by atomic mass is 19.4. The summed E-state index contributed by atoms with van der Waals surface area (Å²) in [5, 5.41) is 15.1. The minimum atomic E-state index is -4.35. The minimum Gasteiger partial charge on any atom is -0.422 e. The number of anilines is 2. The standard InChI is InChI=1S/C15H12F3N5O/c16-15(17,18)9-3-5-10(6-4-9)20-12-11-2-1-7-23(11)22-13(12)14-21-19-8-24-14/h3-6,8,20H,1-2,7H2. The van der Waals surface area contributed by atoms with Crippen molar-refractivity contribution in [3.8, 4) is 11.6 Å². The summed E-state index contributed by atoms with van der Waals surface area (Å²) in [4.78, 5) is 0. The lowest BCUT2D eigenvalue weighted by Gasteiger charge is -2.10. The smallest absolute Gasteiger partial charge is 0.416 e. The van der Waals surface area contributed by atoms with Gasteiger partial charge in [0.1, 0.15) is 0 Å². The summed E-state index contributed by atoms with van der Waals surface area (Å²) in [5.74, 6) is 0.270. The molecule has 24 heavy (non-hydrogen) atoms. The zero-order valence-electron chi connectivity index (χ0n) is 12.3. The highest BCUT2D eigenvalue weighted by Gasteiger charge is 2.30. The number of nitrogens with one attached hydrogen (secondary N) is 1. The predicted octanol–water partition coefficient (Wildman–Crippen LogP) is 3.64. The lowest BCUT2D eigenvalue weighted by Crippen LogP contribution is -2.04. The van der Waals surface area contributed by atoms with Gasteiger partial charge in [-0.15, -0.1) is 10.2 Å². The Kier molecular flexibility index (Phi) is 3.29. The van der Waals surface area contributed by atoms with Crippen molar-refractivity contribution in [3.63, 3.8) is 0 Å². The third kappa shape index (κ3) is 2.51. The van der Waals surface area contributed by atoms with Gasteiger partial charge in [-0.05, 0) is 37.1 Å². The molecule has 0 unspecified atom stereocenters. The number of fused-ring (bicyclic) bond motifs is 1. The Morgan fingerprint density at radius 1 is 1.17 bits per heavy atom. The number of rotatable bonds is 3. The lowest BCUT2D eigenvalue weighted by atomic mass is 10.1. The molecule has 0 aliphatic carbocycles. The number of alkyl halides is 3. The molecule has 0 atom stereocenters. The zero-order valence-corrected chi connectivity index (χ0v) is 12.3. The summed E-state index contributed by atoms with van der Waals surface area (Å²) in [6.45, 7) is 0.783. The molecule has 0 amide bonds. The van der Waals surface area contributed by atoms with E-state index in [1.807, 2.05) is 4.68 Å². The first-order valence-electron chi connectivity index (χ1n) is 7.33. The number of benzene rings is 1. The van der Waals surface area contributed by atoms with Crippen molar-refractivity contribution in [2.45, 2.75) is 25.6 Å². The van der Waals surface area contributed by atoms with Crippen molar-refractivity contribution in [3.05, 3.63) is 41.9 Å². The molecule has 1 aliphatic heterocycles. The third-order valence-electron chi connectivity index (χ3n) is 3.89. The molecule has 2 aromatic heterocycles. The average molecular weight is 335 g/mol. The molecular weight excluding hydrogens is 323 g/mol.